The summed E-state index contributed by atoms with van der Waals surface area (Å²) in [5.74, 6) is 0.324. The van der Waals surface area contributed by atoms with E-state index in [-0.39, 0.29) is 29.3 Å². The molecule has 1 aliphatic heterocycles. The highest BCUT2D eigenvalue weighted by Gasteiger charge is 2.51. The minimum Gasteiger partial charge on any atom is -0.491 e. The average Bonchev–Trinajstić information content (AvgIpc) is 2.59. The summed E-state index contributed by atoms with van der Waals surface area (Å²) in [4.78, 5) is 12.8. The lowest BCUT2D eigenvalue weighted by atomic mass is 9.76. The number of aliphatic hydroxyl groups is 1. The quantitative estimate of drug-likeness (QED) is 0.451. The molecule has 1 aromatic rings. The van der Waals surface area contributed by atoms with Crippen molar-refractivity contribution >= 4 is 24.2 Å². The van der Waals surface area contributed by atoms with Crippen LogP contribution in [-0.2, 0) is 15.7 Å². The zero-order chi connectivity index (χ0) is 22.2. The Balaban J connectivity index is 2.64. The van der Waals surface area contributed by atoms with Crippen LogP contribution in [-0.4, -0.2) is 44.4 Å². The van der Waals surface area contributed by atoms with Gasteiger partial charge in [-0.3, -0.25) is 4.79 Å². The number of fused-ring (bicyclic) bond motifs is 1. The molecule has 0 saturated heterocycles. The third kappa shape index (κ3) is 4.82. The minimum atomic E-state index is -2.16. The smallest absolute Gasteiger partial charge is 0.237 e. The van der Waals surface area contributed by atoms with E-state index in [1.165, 1.54) is 7.11 Å². The SMILES string of the molecule is COc1c2n(cc(Br)c1=O)CC(OCCCO)C(C)(C)C2O[Si](C)(C)C(C)(C)C. The number of hydrogen-bond acceptors (Lipinski definition) is 5. The summed E-state index contributed by atoms with van der Waals surface area (Å²) in [5, 5.41) is 9.17. The number of hydrogen-bond donors (Lipinski definition) is 1. The molecule has 1 aromatic heterocycles. The molecule has 0 fully saturated rings. The van der Waals surface area contributed by atoms with Gasteiger partial charge in [0.25, 0.3) is 0 Å². The highest BCUT2D eigenvalue weighted by molar-refractivity contribution is 9.10. The Kier molecular flexibility index (Phi) is 7.48. The van der Waals surface area contributed by atoms with Gasteiger partial charge in [-0.15, -0.1) is 0 Å². The Morgan fingerprint density at radius 2 is 1.97 bits per heavy atom. The molecule has 0 amide bonds. The number of pyridine rings is 1. The molecule has 0 radical (unpaired) electrons. The molecule has 1 N–H and O–H groups in total. The van der Waals surface area contributed by atoms with Gasteiger partial charge in [-0.1, -0.05) is 34.6 Å². The third-order valence-corrected chi connectivity index (χ3v) is 11.4. The van der Waals surface area contributed by atoms with Crippen LogP contribution in [0, 0.1) is 5.41 Å². The molecule has 2 atom stereocenters. The van der Waals surface area contributed by atoms with Crippen LogP contribution in [0.2, 0.25) is 18.1 Å². The molecular weight excluding hydrogens is 454 g/mol. The van der Waals surface area contributed by atoms with Crippen molar-refractivity contribution in [3.05, 3.63) is 26.6 Å². The van der Waals surface area contributed by atoms with Crippen LogP contribution >= 0.6 is 15.9 Å². The summed E-state index contributed by atoms with van der Waals surface area (Å²) in [5.41, 5.74) is 0.217. The second kappa shape index (κ2) is 8.83. The van der Waals surface area contributed by atoms with Gasteiger partial charge in [-0.05, 0) is 40.5 Å². The van der Waals surface area contributed by atoms with E-state index in [0.29, 0.717) is 29.8 Å². The fourth-order valence-corrected chi connectivity index (χ4v) is 5.20. The summed E-state index contributed by atoms with van der Waals surface area (Å²) in [6.07, 6.45) is 1.91. The summed E-state index contributed by atoms with van der Waals surface area (Å²) in [6, 6.07) is 0. The lowest BCUT2D eigenvalue weighted by Gasteiger charge is -2.50. The molecule has 8 heteroatoms. The van der Waals surface area contributed by atoms with Crippen molar-refractivity contribution in [3.8, 4) is 5.75 Å². The number of aromatic nitrogens is 1. The fourth-order valence-electron chi connectivity index (χ4n) is 3.41. The van der Waals surface area contributed by atoms with E-state index in [0.717, 1.165) is 5.69 Å². The van der Waals surface area contributed by atoms with Crippen LogP contribution in [0.15, 0.2) is 15.5 Å². The average molecular weight is 491 g/mol. The van der Waals surface area contributed by atoms with Crippen molar-refractivity contribution < 1.29 is 19.0 Å². The summed E-state index contributed by atoms with van der Waals surface area (Å²) >= 11 is 3.37. The molecule has 166 valence electrons. The van der Waals surface area contributed by atoms with E-state index >= 15 is 0 Å². The molecule has 1 aliphatic rings. The van der Waals surface area contributed by atoms with Gasteiger partial charge < -0.3 is 23.6 Å². The van der Waals surface area contributed by atoms with E-state index in [9.17, 15) is 4.79 Å². The first-order chi connectivity index (χ1) is 13.3. The second-order valence-electron chi connectivity index (χ2n) is 9.89. The first-order valence-corrected chi connectivity index (χ1v) is 13.8. The van der Waals surface area contributed by atoms with Crippen LogP contribution in [0.5, 0.6) is 5.75 Å². The Morgan fingerprint density at radius 1 is 1.34 bits per heavy atom. The van der Waals surface area contributed by atoms with Crippen LogP contribution in [0.1, 0.15) is 52.8 Å². The molecule has 6 nitrogen and oxygen atoms in total. The van der Waals surface area contributed by atoms with Crippen molar-refractivity contribution in [2.75, 3.05) is 20.3 Å². The van der Waals surface area contributed by atoms with Crippen molar-refractivity contribution in [2.24, 2.45) is 5.41 Å². The minimum absolute atomic E-state index is 0.0154. The predicted octanol–water partition coefficient (Wildman–Crippen LogP) is 4.49. The summed E-state index contributed by atoms with van der Waals surface area (Å²) in [7, 11) is -0.630. The Morgan fingerprint density at radius 3 is 2.48 bits per heavy atom. The molecule has 0 aromatic carbocycles. The molecule has 2 rings (SSSR count). The van der Waals surface area contributed by atoms with Gasteiger partial charge in [0.1, 0.15) is 0 Å². The Bertz CT molecular complexity index is 785. The third-order valence-electron chi connectivity index (χ3n) is 6.40. The van der Waals surface area contributed by atoms with Crippen LogP contribution in [0.4, 0.5) is 0 Å². The first-order valence-electron chi connectivity index (χ1n) is 10.1. The van der Waals surface area contributed by atoms with Gasteiger partial charge >= 0.3 is 0 Å². The highest BCUT2D eigenvalue weighted by Crippen LogP contribution is 2.51. The van der Waals surface area contributed by atoms with Crippen LogP contribution < -0.4 is 10.2 Å². The van der Waals surface area contributed by atoms with E-state index in [1.54, 1.807) is 6.20 Å². The first kappa shape index (κ1) is 24.6. The zero-order valence-corrected chi connectivity index (χ0v) is 21.6. The predicted molar refractivity (Wildman–Crippen MR) is 121 cm³/mol. The van der Waals surface area contributed by atoms with Gasteiger partial charge in [0, 0.05) is 31.4 Å². The number of nitrogens with zero attached hydrogens (tertiary/aromatic N) is 1. The molecule has 29 heavy (non-hydrogen) atoms. The molecule has 0 bridgehead atoms. The van der Waals surface area contributed by atoms with E-state index in [1.807, 2.05) is 4.57 Å². The number of ether oxygens (including phenoxy) is 2. The maximum atomic E-state index is 12.8. The Hall–Kier alpha value is -0.673. The zero-order valence-electron chi connectivity index (χ0n) is 19.0. The monoisotopic (exact) mass is 489 g/mol. The molecule has 0 saturated carbocycles. The fraction of sp³-hybridized carbons (Fsp3) is 0.762. The molecule has 2 heterocycles. The lowest BCUT2D eigenvalue weighted by Crippen LogP contribution is -2.52. The summed E-state index contributed by atoms with van der Waals surface area (Å²) in [6.45, 7) is 16.5. The van der Waals surface area contributed by atoms with Gasteiger partial charge in [-0.2, -0.15) is 0 Å². The van der Waals surface area contributed by atoms with Gasteiger partial charge in [0.15, 0.2) is 14.1 Å². The molecular formula is C21H36BrNO5Si. The van der Waals surface area contributed by atoms with Gasteiger partial charge in [0.2, 0.25) is 5.43 Å². The van der Waals surface area contributed by atoms with Crippen molar-refractivity contribution in [3.63, 3.8) is 0 Å². The Labute approximate surface area is 183 Å². The number of rotatable bonds is 7. The van der Waals surface area contributed by atoms with Crippen molar-refractivity contribution in [2.45, 2.75) is 77.9 Å². The lowest BCUT2D eigenvalue weighted by molar-refractivity contribution is -0.109. The van der Waals surface area contributed by atoms with Gasteiger partial charge in [0.05, 0.1) is 29.5 Å². The van der Waals surface area contributed by atoms with E-state index < -0.39 is 13.7 Å². The summed E-state index contributed by atoms with van der Waals surface area (Å²) < 4.78 is 21.2. The number of halogens is 1. The van der Waals surface area contributed by atoms with Gasteiger partial charge in [-0.25, -0.2) is 0 Å². The van der Waals surface area contributed by atoms with Crippen LogP contribution in [0.3, 0.4) is 0 Å². The molecule has 0 spiro atoms. The molecule has 2 unspecified atom stereocenters. The number of aliphatic hydroxyl groups excluding tert-OH is 1. The number of methoxy groups -OCH3 is 1. The molecule has 0 aliphatic carbocycles. The van der Waals surface area contributed by atoms with E-state index in [2.05, 4.69) is 63.6 Å². The van der Waals surface area contributed by atoms with Crippen molar-refractivity contribution in [1.29, 1.82) is 0 Å². The van der Waals surface area contributed by atoms with Crippen molar-refractivity contribution in [1.82, 2.24) is 4.57 Å². The standard InChI is InChI=1S/C21H36BrNO5Si/c1-20(2,3)29(7,8)28-19-16-18(26-6)17(25)14(22)12-23(16)13-15(21(19,4)5)27-11-9-10-24/h12,15,19,24H,9-11,13H2,1-8H3. The largest absolute Gasteiger partial charge is 0.491 e. The second-order valence-corrected chi connectivity index (χ2v) is 15.5. The maximum absolute atomic E-state index is 12.8. The normalized spacial score (nSPS) is 21.7. The topological polar surface area (TPSA) is 69.9 Å². The highest BCUT2D eigenvalue weighted by atomic mass is 79.9. The van der Waals surface area contributed by atoms with E-state index in [4.69, 9.17) is 19.0 Å². The maximum Gasteiger partial charge on any atom is 0.237 e. The van der Waals surface area contributed by atoms with Crippen LogP contribution in [0.25, 0.3) is 0 Å².